The molecule has 0 fully saturated rings. The molecule has 112 valence electrons. The number of rotatable bonds is 4. The van der Waals surface area contributed by atoms with Gasteiger partial charge in [-0.25, -0.2) is 9.78 Å². The second-order valence-corrected chi connectivity index (χ2v) is 5.77. The minimum Gasteiger partial charge on any atom is -0.452 e. The van der Waals surface area contributed by atoms with Gasteiger partial charge in [0.2, 0.25) is 5.82 Å². The van der Waals surface area contributed by atoms with Gasteiger partial charge >= 0.3 is 5.97 Å². The summed E-state index contributed by atoms with van der Waals surface area (Å²) in [6, 6.07) is 5.13. The molecule has 6 nitrogen and oxygen atoms in total. The van der Waals surface area contributed by atoms with Crippen LogP contribution in [0.4, 0.5) is 0 Å². The number of thiophene rings is 1. The zero-order valence-electron chi connectivity index (χ0n) is 10.8. The molecule has 0 atom stereocenters. The molecule has 0 saturated heterocycles. The largest absolute Gasteiger partial charge is 0.452 e. The first-order chi connectivity index (χ1) is 10.6. The highest BCUT2D eigenvalue weighted by atomic mass is 35.5. The summed E-state index contributed by atoms with van der Waals surface area (Å²) in [5, 5.41) is 6.02. The molecule has 0 radical (unpaired) electrons. The molecule has 22 heavy (non-hydrogen) atoms. The van der Waals surface area contributed by atoms with Crippen LogP contribution in [0.2, 0.25) is 10.2 Å². The maximum atomic E-state index is 11.9. The van der Waals surface area contributed by atoms with E-state index in [1.807, 2.05) is 17.5 Å². The Morgan fingerprint density at radius 2 is 2.27 bits per heavy atom. The summed E-state index contributed by atoms with van der Waals surface area (Å²) < 4.78 is 10.1. The third-order valence-electron chi connectivity index (χ3n) is 2.57. The van der Waals surface area contributed by atoms with Crippen LogP contribution in [0.1, 0.15) is 16.2 Å². The van der Waals surface area contributed by atoms with Gasteiger partial charge < -0.3 is 9.26 Å². The van der Waals surface area contributed by atoms with E-state index in [0.717, 1.165) is 4.88 Å². The van der Waals surface area contributed by atoms with Crippen LogP contribution in [-0.4, -0.2) is 21.1 Å². The summed E-state index contributed by atoms with van der Waals surface area (Å²) in [5.41, 5.74) is 0.187. The topological polar surface area (TPSA) is 78.1 Å². The van der Waals surface area contributed by atoms with Crippen LogP contribution in [-0.2, 0) is 11.3 Å². The molecule has 3 rings (SSSR count). The molecule has 3 heterocycles. The monoisotopic (exact) mass is 355 g/mol. The van der Waals surface area contributed by atoms with E-state index in [9.17, 15) is 4.79 Å². The van der Waals surface area contributed by atoms with Crippen molar-refractivity contribution in [1.29, 1.82) is 0 Å². The third-order valence-corrected chi connectivity index (χ3v) is 4.12. The summed E-state index contributed by atoms with van der Waals surface area (Å²) in [6.45, 7) is -0.141. The first kappa shape index (κ1) is 15.0. The second-order valence-electron chi connectivity index (χ2n) is 4.06. The van der Waals surface area contributed by atoms with Crippen LogP contribution in [0.3, 0.4) is 0 Å². The predicted molar refractivity (Wildman–Crippen MR) is 81.0 cm³/mol. The first-order valence-electron chi connectivity index (χ1n) is 5.98. The molecular weight excluding hydrogens is 349 g/mol. The Morgan fingerprint density at radius 3 is 3.00 bits per heavy atom. The van der Waals surface area contributed by atoms with Gasteiger partial charge in [0.25, 0.3) is 5.89 Å². The average Bonchev–Trinajstić information content (AvgIpc) is 3.18. The Bertz CT molecular complexity index is 805. The zero-order valence-corrected chi connectivity index (χ0v) is 13.2. The maximum absolute atomic E-state index is 11.9. The lowest BCUT2D eigenvalue weighted by Gasteiger charge is -2.02. The number of carbonyl (C=O) groups excluding carboxylic acids is 1. The number of esters is 1. The quantitative estimate of drug-likeness (QED) is 0.522. The molecule has 0 spiro atoms. The molecule has 9 heteroatoms. The minimum absolute atomic E-state index is 0.121. The van der Waals surface area contributed by atoms with E-state index >= 15 is 0 Å². The number of hydrogen-bond acceptors (Lipinski definition) is 7. The van der Waals surface area contributed by atoms with E-state index in [0.29, 0.717) is 5.82 Å². The van der Waals surface area contributed by atoms with Crippen molar-refractivity contribution in [2.45, 2.75) is 6.61 Å². The van der Waals surface area contributed by atoms with Crippen LogP contribution < -0.4 is 0 Å². The number of halogens is 2. The highest BCUT2D eigenvalue weighted by Gasteiger charge is 2.14. The van der Waals surface area contributed by atoms with E-state index in [2.05, 4.69) is 15.1 Å². The molecular formula is C13H7Cl2N3O3S. The number of carbonyl (C=O) groups is 1. The van der Waals surface area contributed by atoms with Crippen LogP contribution in [0.15, 0.2) is 34.3 Å². The second kappa shape index (κ2) is 6.43. The van der Waals surface area contributed by atoms with Crippen LogP contribution in [0.25, 0.3) is 10.7 Å². The van der Waals surface area contributed by atoms with Gasteiger partial charge in [-0.15, -0.1) is 11.3 Å². The number of aromatic nitrogens is 3. The van der Waals surface area contributed by atoms with E-state index in [4.69, 9.17) is 32.5 Å². The van der Waals surface area contributed by atoms with Crippen molar-refractivity contribution in [2.75, 3.05) is 0 Å². The normalized spacial score (nSPS) is 10.6. The van der Waals surface area contributed by atoms with Crippen LogP contribution >= 0.6 is 34.5 Å². The Hall–Kier alpha value is -1.96. The number of pyridine rings is 1. The van der Waals surface area contributed by atoms with Crippen molar-refractivity contribution in [3.05, 3.63) is 51.4 Å². The van der Waals surface area contributed by atoms with E-state index in [1.165, 1.54) is 23.6 Å². The number of nitrogens with zero attached hydrogens (tertiary/aromatic N) is 3. The molecule has 0 aliphatic heterocycles. The standard InChI is InChI=1S/C13H7Cl2N3O3S/c14-8-4-7(5-16-11(8)15)13(19)20-6-10-17-12(18-21-10)9-2-1-3-22-9/h1-5H,6H2. The van der Waals surface area contributed by atoms with Gasteiger partial charge in [-0.05, 0) is 17.5 Å². The molecule has 0 saturated carbocycles. The molecule has 0 aliphatic carbocycles. The van der Waals surface area contributed by atoms with Crippen LogP contribution in [0, 0.1) is 0 Å². The molecule has 3 aromatic heterocycles. The molecule has 0 unspecified atom stereocenters. The van der Waals surface area contributed by atoms with Gasteiger partial charge in [-0.3, -0.25) is 0 Å². The van der Waals surface area contributed by atoms with E-state index in [1.54, 1.807) is 0 Å². The van der Waals surface area contributed by atoms with Gasteiger partial charge in [-0.1, -0.05) is 34.4 Å². The molecule has 0 bridgehead atoms. The summed E-state index contributed by atoms with van der Waals surface area (Å²) >= 11 is 13.0. The third kappa shape index (κ3) is 3.27. The van der Waals surface area contributed by atoms with Crippen molar-refractivity contribution in [3.63, 3.8) is 0 Å². The minimum atomic E-state index is -0.609. The molecule has 0 aliphatic rings. The SMILES string of the molecule is O=C(OCc1nc(-c2cccs2)no1)c1cnc(Cl)c(Cl)c1. The fourth-order valence-corrected chi connectivity index (χ4v) is 2.48. The van der Waals surface area contributed by atoms with E-state index < -0.39 is 5.97 Å². The summed E-state index contributed by atoms with van der Waals surface area (Å²) in [6.07, 6.45) is 1.28. The lowest BCUT2D eigenvalue weighted by atomic mass is 10.3. The zero-order chi connectivity index (χ0) is 15.5. The summed E-state index contributed by atoms with van der Waals surface area (Å²) in [7, 11) is 0. The van der Waals surface area contributed by atoms with Crippen molar-refractivity contribution >= 4 is 40.5 Å². The Balaban J connectivity index is 1.65. The highest BCUT2D eigenvalue weighted by molar-refractivity contribution is 7.13. The summed E-state index contributed by atoms with van der Waals surface area (Å²) in [4.78, 5) is 20.7. The van der Waals surface area contributed by atoms with Gasteiger partial charge in [-0.2, -0.15) is 4.98 Å². The van der Waals surface area contributed by atoms with Gasteiger partial charge in [0.1, 0.15) is 5.15 Å². The van der Waals surface area contributed by atoms with Crippen molar-refractivity contribution < 1.29 is 14.1 Å². The van der Waals surface area contributed by atoms with Gasteiger partial charge in [0.15, 0.2) is 6.61 Å². The van der Waals surface area contributed by atoms with Crippen molar-refractivity contribution in [3.8, 4) is 10.7 Å². The average molecular weight is 356 g/mol. The Morgan fingerprint density at radius 1 is 1.41 bits per heavy atom. The molecule has 0 aromatic carbocycles. The fourth-order valence-electron chi connectivity index (χ4n) is 1.56. The van der Waals surface area contributed by atoms with Crippen molar-refractivity contribution in [2.24, 2.45) is 0 Å². The fraction of sp³-hybridized carbons (Fsp3) is 0.0769. The number of ether oxygens (including phenoxy) is 1. The Labute approximate surface area is 138 Å². The van der Waals surface area contributed by atoms with Gasteiger partial charge in [0, 0.05) is 6.20 Å². The van der Waals surface area contributed by atoms with Crippen molar-refractivity contribution in [1.82, 2.24) is 15.1 Å². The molecule has 0 N–H and O–H groups in total. The first-order valence-corrected chi connectivity index (χ1v) is 7.61. The summed E-state index contributed by atoms with van der Waals surface area (Å²) in [5.74, 6) is 0.0453. The number of hydrogen-bond donors (Lipinski definition) is 0. The lowest BCUT2D eigenvalue weighted by Crippen LogP contribution is -2.06. The predicted octanol–water partition coefficient (Wildman–Crippen LogP) is 3.86. The molecule has 0 amide bonds. The van der Waals surface area contributed by atoms with Gasteiger partial charge in [0.05, 0.1) is 15.5 Å². The smallest absolute Gasteiger partial charge is 0.340 e. The lowest BCUT2D eigenvalue weighted by molar-refractivity contribution is 0.0429. The van der Waals surface area contributed by atoms with Crippen LogP contribution in [0.5, 0.6) is 0 Å². The maximum Gasteiger partial charge on any atom is 0.340 e. The Kier molecular flexibility index (Phi) is 4.37. The molecule has 3 aromatic rings. The van der Waals surface area contributed by atoms with E-state index in [-0.39, 0.29) is 28.2 Å². The highest BCUT2D eigenvalue weighted by Crippen LogP contribution is 2.22.